The average Bonchev–Trinajstić information content (AvgIpc) is 3.06. The van der Waals surface area contributed by atoms with Crippen LogP contribution in [-0.2, 0) is 6.61 Å². The van der Waals surface area contributed by atoms with Crippen molar-refractivity contribution in [1.82, 2.24) is 9.55 Å². The summed E-state index contributed by atoms with van der Waals surface area (Å²) in [6, 6.07) is 8.12. The fraction of sp³-hybridized carbons (Fsp3) is 0.308. The quantitative estimate of drug-likeness (QED) is 0.819. The van der Waals surface area contributed by atoms with Crippen molar-refractivity contribution in [3.63, 3.8) is 0 Å². The molecule has 1 aromatic carbocycles. The number of nitrogens with zero attached hydrogens (tertiary/aromatic N) is 2. The highest BCUT2D eigenvalue weighted by molar-refractivity contribution is 5.43. The predicted octanol–water partition coefficient (Wildman–Crippen LogP) is 2.38. The number of aromatic nitrogens is 2. The van der Waals surface area contributed by atoms with Crippen LogP contribution in [0.15, 0.2) is 36.8 Å². The van der Waals surface area contributed by atoms with Gasteiger partial charge < -0.3 is 15.0 Å². The summed E-state index contributed by atoms with van der Waals surface area (Å²) < 4.78 is 7.91. The first kappa shape index (κ1) is 10.2. The minimum absolute atomic E-state index is 0.542. The molecule has 0 radical (unpaired) electrons. The summed E-state index contributed by atoms with van der Waals surface area (Å²) in [6.07, 6.45) is 6.25. The fourth-order valence-corrected chi connectivity index (χ4v) is 1.89. The number of nitrogens with two attached hydrogens (primary N) is 1. The van der Waals surface area contributed by atoms with Gasteiger partial charge in [0.15, 0.2) is 0 Å². The third kappa shape index (κ3) is 2.25. The number of nitrogen functional groups attached to an aromatic ring is 1. The van der Waals surface area contributed by atoms with Crippen molar-refractivity contribution in [3.05, 3.63) is 42.5 Å². The maximum absolute atomic E-state index is 5.71. The molecule has 1 saturated carbocycles. The van der Waals surface area contributed by atoms with Crippen molar-refractivity contribution in [3.8, 4) is 5.75 Å². The Balaban J connectivity index is 1.69. The van der Waals surface area contributed by atoms with Gasteiger partial charge in [0.2, 0.25) is 0 Å². The number of rotatable bonds is 4. The maximum Gasteiger partial charge on any atom is 0.130 e. The van der Waals surface area contributed by atoms with Gasteiger partial charge in [-0.05, 0) is 25.0 Å². The zero-order valence-electron chi connectivity index (χ0n) is 9.54. The van der Waals surface area contributed by atoms with E-state index in [1.807, 2.05) is 36.8 Å². The second kappa shape index (κ2) is 4.13. The first-order chi connectivity index (χ1) is 8.33. The average molecular weight is 229 g/mol. The highest BCUT2D eigenvalue weighted by Gasteiger charge is 2.25. The van der Waals surface area contributed by atoms with Gasteiger partial charge in [0.05, 0.1) is 18.2 Å². The molecule has 0 atom stereocenters. The van der Waals surface area contributed by atoms with E-state index in [0.717, 1.165) is 17.1 Å². The van der Waals surface area contributed by atoms with Crippen LogP contribution in [0.3, 0.4) is 0 Å². The summed E-state index contributed by atoms with van der Waals surface area (Å²) in [4.78, 5) is 4.17. The molecule has 2 N–H and O–H groups in total. The second-order valence-corrected chi connectivity index (χ2v) is 4.38. The molecule has 0 aliphatic heterocycles. The van der Waals surface area contributed by atoms with Gasteiger partial charge in [0, 0.05) is 17.8 Å². The molecular weight excluding hydrogens is 214 g/mol. The molecule has 2 aromatic rings. The van der Waals surface area contributed by atoms with E-state index in [4.69, 9.17) is 10.5 Å². The lowest BCUT2D eigenvalue weighted by Crippen LogP contribution is -2.03. The van der Waals surface area contributed by atoms with Gasteiger partial charge in [-0.3, -0.25) is 0 Å². The van der Waals surface area contributed by atoms with Gasteiger partial charge in [0.1, 0.15) is 12.4 Å². The third-order valence-electron chi connectivity index (χ3n) is 2.93. The number of hydrogen-bond acceptors (Lipinski definition) is 3. The van der Waals surface area contributed by atoms with E-state index in [1.165, 1.54) is 12.8 Å². The molecule has 1 aliphatic carbocycles. The summed E-state index contributed by atoms with van der Waals surface area (Å²) in [5.41, 5.74) is 7.54. The van der Waals surface area contributed by atoms with E-state index < -0.39 is 0 Å². The predicted molar refractivity (Wildman–Crippen MR) is 65.7 cm³/mol. The standard InChI is InChI=1S/C13H15N3O/c14-10-2-1-3-13(6-10)17-8-12-7-15-9-16(12)11-4-5-11/h1-3,6-7,9,11H,4-5,8,14H2. The first-order valence-corrected chi connectivity index (χ1v) is 5.82. The van der Waals surface area contributed by atoms with E-state index in [9.17, 15) is 0 Å². The molecule has 0 saturated heterocycles. The molecule has 1 heterocycles. The van der Waals surface area contributed by atoms with E-state index in [-0.39, 0.29) is 0 Å². The van der Waals surface area contributed by atoms with Crippen LogP contribution in [0.1, 0.15) is 24.6 Å². The summed E-state index contributed by atoms with van der Waals surface area (Å²) in [5.74, 6) is 0.800. The third-order valence-corrected chi connectivity index (χ3v) is 2.93. The molecule has 1 fully saturated rings. The summed E-state index contributed by atoms with van der Waals surface area (Å²) in [6.45, 7) is 0.542. The van der Waals surface area contributed by atoms with Crippen LogP contribution in [0.25, 0.3) is 0 Å². The Kier molecular flexibility index (Phi) is 2.48. The number of hydrogen-bond donors (Lipinski definition) is 1. The van der Waals surface area contributed by atoms with Gasteiger partial charge in [-0.2, -0.15) is 0 Å². The number of imidazole rings is 1. The van der Waals surface area contributed by atoms with Crippen molar-refractivity contribution in [2.45, 2.75) is 25.5 Å². The summed E-state index contributed by atoms with van der Waals surface area (Å²) >= 11 is 0. The molecule has 0 bridgehead atoms. The molecule has 4 nitrogen and oxygen atoms in total. The van der Waals surface area contributed by atoms with Gasteiger partial charge in [0.25, 0.3) is 0 Å². The lowest BCUT2D eigenvalue weighted by atomic mass is 10.3. The van der Waals surface area contributed by atoms with Crippen molar-refractivity contribution < 1.29 is 4.74 Å². The zero-order chi connectivity index (χ0) is 11.7. The normalized spacial score (nSPS) is 14.8. The largest absolute Gasteiger partial charge is 0.487 e. The van der Waals surface area contributed by atoms with Gasteiger partial charge >= 0.3 is 0 Å². The van der Waals surface area contributed by atoms with Crippen molar-refractivity contribution >= 4 is 5.69 Å². The molecule has 17 heavy (non-hydrogen) atoms. The molecule has 4 heteroatoms. The van der Waals surface area contributed by atoms with Crippen LogP contribution < -0.4 is 10.5 Å². The molecule has 0 spiro atoms. The smallest absolute Gasteiger partial charge is 0.130 e. The van der Waals surface area contributed by atoms with Crippen molar-refractivity contribution in [2.75, 3.05) is 5.73 Å². The van der Waals surface area contributed by atoms with Crippen LogP contribution in [0.4, 0.5) is 5.69 Å². The lowest BCUT2D eigenvalue weighted by Gasteiger charge is -2.09. The minimum Gasteiger partial charge on any atom is -0.487 e. The zero-order valence-corrected chi connectivity index (χ0v) is 9.54. The fourth-order valence-electron chi connectivity index (χ4n) is 1.89. The van der Waals surface area contributed by atoms with Crippen LogP contribution in [0.5, 0.6) is 5.75 Å². The SMILES string of the molecule is Nc1cccc(OCc2cncn2C2CC2)c1. The monoisotopic (exact) mass is 229 g/mol. The van der Waals surface area contributed by atoms with Gasteiger partial charge in [-0.15, -0.1) is 0 Å². The van der Waals surface area contributed by atoms with Crippen LogP contribution >= 0.6 is 0 Å². The van der Waals surface area contributed by atoms with Crippen LogP contribution in [0, 0.1) is 0 Å². The van der Waals surface area contributed by atoms with E-state index in [1.54, 1.807) is 0 Å². The lowest BCUT2D eigenvalue weighted by molar-refractivity contribution is 0.295. The Morgan fingerprint density at radius 1 is 1.41 bits per heavy atom. The molecular formula is C13H15N3O. The molecule has 0 unspecified atom stereocenters. The van der Waals surface area contributed by atoms with Crippen LogP contribution in [-0.4, -0.2) is 9.55 Å². The van der Waals surface area contributed by atoms with Crippen molar-refractivity contribution in [1.29, 1.82) is 0 Å². The van der Waals surface area contributed by atoms with Crippen molar-refractivity contribution in [2.24, 2.45) is 0 Å². The van der Waals surface area contributed by atoms with Crippen LogP contribution in [0.2, 0.25) is 0 Å². The molecule has 0 amide bonds. The van der Waals surface area contributed by atoms with Gasteiger partial charge in [-0.25, -0.2) is 4.98 Å². The molecule has 3 rings (SSSR count). The number of anilines is 1. The Morgan fingerprint density at radius 2 is 2.29 bits per heavy atom. The Hall–Kier alpha value is -1.97. The second-order valence-electron chi connectivity index (χ2n) is 4.38. The maximum atomic E-state index is 5.71. The van der Waals surface area contributed by atoms with E-state index >= 15 is 0 Å². The molecule has 88 valence electrons. The van der Waals surface area contributed by atoms with Gasteiger partial charge in [-0.1, -0.05) is 6.07 Å². The Bertz CT molecular complexity index is 517. The molecule has 1 aliphatic rings. The number of ether oxygens (including phenoxy) is 1. The Labute approximate surface area is 100 Å². The minimum atomic E-state index is 0.542. The molecule has 1 aromatic heterocycles. The topological polar surface area (TPSA) is 53.1 Å². The Morgan fingerprint density at radius 3 is 3.06 bits per heavy atom. The highest BCUT2D eigenvalue weighted by atomic mass is 16.5. The first-order valence-electron chi connectivity index (χ1n) is 5.82. The highest BCUT2D eigenvalue weighted by Crippen LogP contribution is 2.35. The summed E-state index contributed by atoms with van der Waals surface area (Å²) in [5, 5.41) is 0. The van der Waals surface area contributed by atoms with E-state index in [2.05, 4.69) is 9.55 Å². The van der Waals surface area contributed by atoms with E-state index in [0.29, 0.717) is 12.6 Å². The summed E-state index contributed by atoms with van der Waals surface area (Å²) in [7, 11) is 0. The number of benzene rings is 1.